The maximum atomic E-state index is 8.94. The van der Waals surface area contributed by atoms with Crippen molar-refractivity contribution in [3.05, 3.63) is 45.4 Å². The van der Waals surface area contributed by atoms with Gasteiger partial charge in [-0.05, 0) is 43.5 Å². The van der Waals surface area contributed by atoms with Crippen LogP contribution in [0.15, 0.2) is 23.6 Å². The van der Waals surface area contributed by atoms with Gasteiger partial charge in [0.25, 0.3) is 0 Å². The number of thiazole rings is 1. The summed E-state index contributed by atoms with van der Waals surface area (Å²) in [5.41, 5.74) is 3.21. The van der Waals surface area contributed by atoms with E-state index in [1.54, 1.807) is 11.3 Å². The average molecular weight is 277 g/mol. The molecule has 1 aromatic heterocycles. The van der Waals surface area contributed by atoms with Gasteiger partial charge in [0.1, 0.15) is 5.75 Å². The van der Waals surface area contributed by atoms with Gasteiger partial charge in [-0.15, -0.1) is 11.3 Å². The van der Waals surface area contributed by atoms with Gasteiger partial charge >= 0.3 is 0 Å². The van der Waals surface area contributed by atoms with Crippen LogP contribution in [0.2, 0.25) is 0 Å². The maximum Gasteiger partial charge on any atom is 0.119 e. The van der Waals surface area contributed by atoms with Crippen LogP contribution in [-0.2, 0) is 13.0 Å². The number of benzene rings is 1. The molecule has 0 saturated carbocycles. The van der Waals surface area contributed by atoms with Crippen molar-refractivity contribution in [2.45, 2.75) is 33.3 Å². The van der Waals surface area contributed by atoms with Crippen molar-refractivity contribution in [1.82, 2.24) is 4.98 Å². The molecule has 0 saturated heterocycles. The van der Waals surface area contributed by atoms with Gasteiger partial charge < -0.3 is 9.84 Å². The largest absolute Gasteiger partial charge is 0.494 e. The van der Waals surface area contributed by atoms with Crippen LogP contribution in [-0.4, -0.2) is 16.7 Å². The number of aliphatic hydroxyl groups is 1. The number of hydrogen-bond donors (Lipinski definition) is 1. The van der Waals surface area contributed by atoms with Crippen LogP contribution in [0, 0.1) is 13.8 Å². The third-order valence-electron chi connectivity index (χ3n) is 2.76. The lowest BCUT2D eigenvalue weighted by Gasteiger charge is -2.07. The van der Waals surface area contributed by atoms with Gasteiger partial charge in [0.15, 0.2) is 0 Å². The molecule has 0 amide bonds. The first kappa shape index (κ1) is 14.0. The molecule has 1 N–H and O–H groups in total. The number of aryl methyl sites for hydroxylation is 3. The lowest BCUT2D eigenvalue weighted by molar-refractivity contribution is 0.277. The third kappa shape index (κ3) is 4.33. The molecule has 2 aromatic rings. The van der Waals surface area contributed by atoms with Crippen molar-refractivity contribution in [1.29, 1.82) is 0 Å². The quantitative estimate of drug-likeness (QED) is 0.824. The van der Waals surface area contributed by atoms with Crippen molar-refractivity contribution in [3.8, 4) is 5.75 Å². The molecular weight excluding hydrogens is 258 g/mol. The minimum absolute atomic E-state index is 0.0234. The number of hydrogen-bond acceptors (Lipinski definition) is 4. The molecule has 0 aliphatic heterocycles. The summed E-state index contributed by atoms with van der Waals surface area (Å²) in [5, 5.41) is 11.9. The van der Waals surface area contributed by atoms with Crippen LogP contribution in [0.4, 0.5) is 0 Å². The van der Waals surface area contributed by atoms with Crippen LogP contribution < -0.4 is 4.74 Å². The Morgan fingerprint density at radius 1 is 1.21 bits per heavy atom. The predicted octanol–water partition coefficient (Wildman–Crippen LogP) is 3.26. The fourth-order valence-electron chi connectivity index (χ4n) is 1.97. The molecule has 0 bridgehead atoms. The lowest BCUT2D eigenvalue weighted by atomic mass is 10.1. The van der Waals surface area contributed by atoms with Crippen LogP contribution in [0.3, 0.4) is 0 Å². The second kappa shape index (κ2) is 6.68. The van der Waals surface area contributed by atoms with E-state index in [9.17, 15) is 0 Å². The van der Waals surface area contributed by atoms with E-state index in [2.05, 4.69) is 37.0 Å². The Labute approximate surface area is 117 Å². The van der Waals surface area contributed by atoms with E-state index in [-0.39, 0.29) is 6.61 Å². The highest BCUT2D eigenvalue weighted by molar-refractivity contribution is 7.09. The number of aromatic nitrogens is 1. The summed E-state index contributed by atoms with van der Waals surface area (Å²) in [6, 6.07) is 6.25. The molecule has 1 heterocycles. The van der Waals surface area contributed by atoms with Gasteiger partial charge in [-0.25, -0.2) is 4.98 Å². The summed E-state index contributed by atoms with van der Waals surface area (Å²) in [7, 11) is 0. The van der Waals surface area contributed by atoms with Gasteiger partial charge in [0.05, 0.1) is 23.9 Å². The fraction of sp³-hybridized carbons (Fsp3) is 0.400. The van der Waals surface area contributed by atoms with E-state index in [0.717, 1.165) is 29.3 Å². The summed E-state index contributed by atoms with van der Waals surface area (Å²) >= 11 is 1.60. The molecule has 0 radical (unpaired) electrons. The molecule has 0 aliphatic carbocycles. The molecule has 1 aromatic carbocycles. The normalized spacial score (nSPS) is 10.7. The van der Waals surface area contributed by atoms with Crippen LogP contribution in [0.5, 0.6) is 5.75 Å². The van der Waals surface area contributed by atoms with Gasteiger partial charge in [-0.3, -0.25) is 0 Å². The Hall–Kier alpha value is -1.39. The molecule has 4 heteroatoms. The Morgan fingerprint density at radius 2 is 1.95 bits per heavy atom. The SMILES string of the molecule is Cc1cc(C)cc(OCCCc2nc(CO)cs2)c1. The molecule has 19 heavy (non-hydrogen) atoms. The summed E-state index contributed by atoms with van der Waals surface area (Å²) in [6.07, 6.45) is 1.83. The van der Waals surface area contributed by atoms with E-state index in [0.29, 0.717) is 6.61 Å². The Kier molecular flexibility index (Phi) is 4.93. The summed E-state index contributed by atoms with van der Waals surface area (Å²) in [6.45, 7) is 4.87. The first-order valence-corrected chi connectivity index (χ1v) is 7.30. The standard InChI is InChI=1S/C15H19NO2S/c1-11-6-12(2)8-14(7-11)18-5-3-4-15-16-13(9-17)10-19-15/h6-8,10,17H,3-5,9H2,1-2H3. The third-order valence-corrected chi connectivity index (χ3v) is 3.72. The maximum absolute atomic E-state index is 8.94. The van der Waals surface area contributed by atoms with Crippen molar-refractivity contribution in [2.75, 3.05) is 6.61 Å². The molecule has 0 fully saturated rings. The zero-order chi connectivity index (χ0) is 13.7. The van der Waals surface area contributed by atoms with Crippen molar-refractivity contribution in [3.63, 3.8) is 0 Å². The molecule has 102 valence electrons. The molecule has 3 nitrogen and oxygen atoms in total. The van der Waals surface area contributed by atoms with Crippen LogP contribution in [0.1, 0.15) is 28.2 Å². The van der Waals surface area contributed by atoms with Gasteiger partial charge in [-0.2, -0.15) is 0 Å². The first-order valence-electron chi connectivity index (χ1n) is 6.42. The van der Waals surface area contributed by atoms with E-state index in [1.165, 1.54) is 11.1 Å². The summed E-state index contributed by atoms with van der Waals surface area (Å²) in [4.78, 5) is 4.31. The topological polar surface area (TPSA) is 42.4 Å². The average Bonchev–Trinajstić information content (AvgIpc) is 2.81. The number of rotatable bonds is 6. The smallest absolute Gasteiger partial charge is 0.119 e. The molecule has 2 rings (SSSR count). The number of aliphatic hydroxyl groups excluding tert-OH is 1. The second-order valence-electron chi connectivity index (χ2n) is 4.67. The van der Waals surface area contributed by atoms with Crippen molar-refractivity contribution in [2.24, 2.45) is 0 Å². The van der Waals surface area contributed by atoms with Gasteiger partial charge in [-0.1, -0.05) is 6.07 Å². The molecule has 0 spiro atoms. The fourth-order valence-corrected chi connectivity index (χ4v) is 2.80. The van der Waals surface area contributed by atoms with E-state index in [1.807, 2.05) is 5.38 Å². The summed E-state index contributed by atoms with van der Waals surface area (Å²) < 4.78 is 5.75. The van der Waals surface area contributed by atoms with Crippen molar-refractivity contribution >= 4 is 11.3 Å². The second-order valence-corrected chi connectivity index (χ2v) is 5.61. The number of ether oxygens (including phenoxy) is 1. The minimum atomic E-state index is 0.0234. The Bertz CT molecular complexity index is 516. The number of nitrogens with zero attached hydrogens (tertiary/aromatic N) is 1. The van der Waals surface area contributed by atoms with E-state index >= 15 is 0 Å². The Morgan fingerprint density at radius 3 is 2.58 bits per heavy atom. The minimum Gasteiger partial charge on any atom is -0.494 e. The van der Waals surface area contributed by atoms with E-state index in [4.69, 9.17) is 9.84 Å². The molecule has 0 atom stereocenters. The highest BCUT2D eigenvalue weighted by atomic mass is 32.1. The van der Waals surface area contributed by atoms with Crippen LogP contribution in [0.25, 0.3) is 0 Å². The van der Waals surface area contributed by atoms with Gasteiger partial charge in [0, 0.05) is 11.8 Å². The zero-order valence-corrected chi connectivity index (χ0v) is 12.2. The van der Waals surface area contributed by atoms with E-state index < -0.39 is 0 Å². The van der Waals surface area contributed by atoms with Gasteiger partial charge in [0.2, 0.25) is 0 Å². The molecule has 0 unspecified atom stereocenters. The monoisotopic (exact) mass is 277 g/mol. The lowest BCUT2D eigenvalue weighted by Crippen LogP contribution is -2.00. The van der Waals surface area contributed by atoms with Crippen molar-refractivity contribution < 1.29 is 9.84 Å². The Balaban J connectivity index is 1.77. The zero-order valence-electron chi connectivity index (χ0n) is 11.3. The first-order chi connectivity index (χ1) is 9.17. The summed E-state index contributed by atoms with van der Waals surface area (Å²) in [5.74, 6) is 0.938. The highest BCUT2D eigenvalue weighted by Gasteiger charge is 2.02. The van der Waals surface area contributed by atoms with Crippen LogP contribution >= 0.6 is 11.3 Å². The molecular formula is C15H19NO2S. The molecule has 0 aliphatic rings. The highest BCUT2D eigenvalue weighted by Crippen LogP contribution is 2.17. The predicted molar refractivity (Wildman–Crippen MR) is 77.8 cm³/mol.